The van der Waals surface area contributed by atoms with Crippen LogP contribution in [0, 0.1) is 5.41 Å². The number of anilines is 8. The number of benzene rings is 6. The summed E-state index contributed by atoms with van der Waals surface area (Å²) < 4.78 is 0. The Morgan fingerprint density at radius 3 is 1.46 bits per heavy atom. The second-order valence-corrected chi connectivity index (χ2v) is 28.1. The van der Waals surface area contributed by atoms with Gasteiger partial charge >= 0.3 is 0 Å². The van der Waals surface area contributed by atoms with E-state index in [9.17, 15) is 0 Å². The maximum Gasteiger partial charge on any atom is 0.252 e. The Hall–Kier alpha value is -5.22. The van der Waals surface area contributed by atoms with Crippen molar-refractivity contribution in [3.05, 3.63) is 149 Å². The minimum atomic E-state index is -0.175. The van der Waals surface area contributed by atoms with E-state index in [1.807, 2.05) is 0 Å². The molecule has 0 radical (unpaired) electrons. The monoisotopic (exact) mass is 914 g/mol. The van der Waals surface area contributed by atoms with Crippen LogP contribution in [0.3, 0.4) is 0 Å². The van der Waals surface area contributed by atoms with E-state index in [0.717, 1.165) is 12.8 Å². The molecule has 2 atom stereocenters. The Morgan fingerprint density at radius 2 is 0.884 bits per heavy atom. The van der Waals surface area contributed by atoms with Crippen LogP contribution in [-0.2, 0) is 32.5 Å². The molecule has 4 heteroatoms. The number of nitrogens with zero attached hydrogens (tertiary/aromatic N) is 3. The predicted molar refractivity (Wildman–Crippen MR) is 301 cm³/mol. The van der Waals surface area contributed by atoms with E-state index in [2.05, 4.69) is 262 Å². The number of hydrogen-bond donors (Lipinski definition) is 0. The van der Waals surface area contributed by atoms with Crippen molar-refractivity contribution >= 4 is 68.6 Å². The average molecular weight is 914 g/mol. The molecule has 69 heavy (non-hydrogen) atoms. The normalized spacial score (nSPS) is 20.7. The van der Waals surface area contributed by atoms with Crippen molar-refractivity contribution < 1.29 is 0 Å². The molecule has 0 spiro atoms. The van der Waals surface area contributed by atoms with Gasteiger partial charge in [-0.15, -0.1) is 0 Å². The second kappa shape index (κ2) is 14.9. The van der Waals surface area contributed by atoms with Gasteiger partial charge in [0.15, 0.2) is 0 Å². The lowest BCUT2D eigenvalue weighted by molar-refractivity contribution is 0.330. The average Bonchev–Trinajstić information content (AvgIpc) is 3.55. The van der Waals surface area contributed by atoms with E-state index >= 15 is 0 Å². The largest absolute Gasteiger partial charge is 0.334 e. The van der Waals surface area contributed by atoms with E-state index in [1.165, 1.54) is 95.3 Å². The molecular weight excluding hydrogens is 834 g/mol. The van der Waals surface area contributed by atoms with E-state index in [4.69, 9.17) is 0 Å². The van der Waals surface area contributed by atoms with Crippen molar-refractivity contribution in [3.63, 3.8) is 0 Å². The van der Waals surface area contributed by atoms with Crippen LogP contribution >= 0.6 is 0 Å². The van der Waals surface area contributed by atoms with Crippen LogP contribution in [0.1, 0.15) is 178 Å². The summed E-state index contributed by atoms with van der Waals surface area (Å²) >= 11 is 0. The molecule has 6 aromatic rings. The van der Waals surface area contributed by atoms with Gasteiger partial charge in [0.05, 0.1) is 5.54 Å². The van der Waals surface area contributed by atoms with E-state index < -0.39 is 0 Å². The zero-order chi connectivity index (χ0) is 50.0. The summed E-state index contributed by atoms with van der Waals surface area (Å²) in [6.07, 6.45) is 2.23. The molecule has 1 saturated carbocycles. The first-order chi connectivity index (χ1) is 31.8. The van der Waals surface area contributed by atoms with Gasteiger partial charge in [0, 0.05) is 50.9 Å². The van der Waals surface area contributed by atoms with Crippen LogP contribution in [0.25, 0.3) is 0 Å². The van der Waals surface area contributed by atoms with Crippen LogP contribution in [0.5, 0.6) is 0 Å². The van der Waals surface area contributed by atoms with Gasteiger partial charge in [-0.3, -0.25) is 0 Å². The van der Waals surface area contributed by atoms with Crippen molar-refractivity contribution in [1.29, 1.82) is 0 Å². The maximum atomic E-state index is 2.82. The highest BCUT2D eigenvalue weighted by molar-refractivity contribution is 7.00. The van der Waals surface area contributed by atoms with Gasteiger partial charge in [0.2, 0.25) is 0 Å². The first kappa shape index (κ1) is 47.5. The molecule has 3 nitrogen and oxygen atoms in total. The molecule has 3 aliphatic heterocycles. The Morgan fingerprint density at radius 1 is 0.391 bits per heavy atom. The van der Waals surface area contributed by atoms with Crippen LogP contribution in [0.2, 0.25) is 0 Å². The molecule has 0 amide bonds. The molecule has 1 aliphatic carbocycles. The highest BCUT2D eigenvalue weighted by Crippen LogP contribution is 2.67. The molecular formula is C65H80BN3. The van der Waals surface area contributed by atoms with Crippen molar-refractivity contribution in [1.82, 2.24) is 0 Å². The third kappa shape index (κ3) is 7.42. The summed E-state index contributed by atoms with van der Waals surface area (Å²) in [6.45, 7) is 45.4. The van der Waals surface area contributed by atoms with Gasteiger partial charge < -0.3 is 14.7 Å². The molecule has 3 heterocycles. The smallest absolute Gasteiger partial charge is 0.252 e. The zero-order valence-corrected chi connectivity index (χ0v) is 45.8. The topological polar surface area (TPSA) is 9.72 Å². The fourth-order valence-electron chi connectivity index (χ4n) is 13.2. The standard InChI is InChI=1S/C65H80BN3/c1-58(2,3)41-23-28-46(29-24-41)67-53-32-27-44(61(10,11)12)35-51(53)66-50-30-25-45(62(13,14)15)36-54(50)68(47-22-20-21-42(33-47)59(4,5)6)56-38-48(37-55(67)57(56)66)69-52-31-26-43(60(7,8)9)34-49(52)64(18)39-63(16,17)40-65(64,69)19/h20-38H,39-40H2,1-19H3. The third-order valence-corrected chi connectivity index (χ3v) is 17.0. The molecule has 358 valence electrons. The lowest BCUT2D eigenvalue weighted by Gasteiger charge is -2.47. The highest BCUT2D eigenvalue weighted by atomic mass is 15.3. The Balaban J connectivity index is 1.36. The van der Waals surface area contributed by atoms with Crippen molar-refractivity contribution in [2.45, 2.75) is 182 Å². The predicted octanol–water partition coefficient (Wildman–Crippen LogP) is 16.2. The lowest BCUT2D eigenvalue weighted by atomic mass is 9.33. The summed E-state index contributed by atoms with van der Waals surface area (Å²) in [5.41, 5.74) is 22.4. The van der Waals surface area contributed by atoms with E-state index in [-0.39, 0.29) is 50.2 Å². The lowest BCUT2D eigenvalue weighted by Crippen LogP contribution is -2.61. The first-order valence-electron chi connectivity index (χ1n) is 26.1. The van der Waals surface area contributed by atoms with Crippen molar-refractivity contribution in [3.8, 4) is 0 Å². The fraction of sp³-hybridized carbons (Fsp3) is 0.446. The number of fused-ring (bicyclic) bond motifs is 7. The van der Waals surface area contributed by atoms with Crippen molar-refractivity contribution in [2.24, 2.45) is 5.41 Å². The van der Waals surface area contributed by atoms with Crippen LogP contribution < -0.4 is 31.1 Å². The molecule has 0 saturated heterocycles. The SMILES string of the molecule is CC1(C)CC2(C)c3cc(C(C)(C)C)ccc3N(c3cc4c5c(c3)N(c3cccc(C(C)(C)C)c3)c3cc(C(C)(C)C)ccc3B5c3cc(C(C)(C)C)ccc3N4c3ccc(C(C)(C)C)cc3)C2(C)C1. The summed E-state index contributed by atoms with van der Waals surface area (Å²) in [5.74, 6) is 0. The minimum Gasteiger partial charge on any atom is -0.334 e. The third-order valence-electron chi connectivity index (χ3n) is 17.0. The molecule has 0 bridgehead atoms. The quantitative estimate of drug-likeness (QED) is 0.164. The van der Waals surface area contributed by atoms with Crippen LogP contribution in [-0.4, -0.2) is 12.3 Å². The molecule has 6 aromatic carbocycles. The minimum absolute atomic E-state index is 0.0176. The molecule has 0 N–H and O–H groups in total. The van der Waals surface area contributed by atoms with Gasteiger partial charge in [0.1, 0.15) is 0 Å². The molecule has 4 aliphatic rings. The van der Waals surface area contributed by atoms with Gasteiger partial charge in [-0.25, -0.2) is 0 Å². The van der Waals surface area contributed by atoms with Crippen molar-refractivity contribution in [2.75, 3.05) is 14.7 Å². The molecule has 2 unspecified atom stereocenters. The highest BCUT2D eigenvalue weighted by Gasteiger charge is 2.64. The molecule has 1 fully saturated rings. The summed E-state index contributed by atoms with van der Waals surface area (Å²) in [6, 6.07) is 46.5. The van der Waals surface area contributed by atoms with Gasteiger partial charge in [-0.05, 0) is 157 Å². The number of rotatable bonds is 3. The second-order valence-electron chi connectivity index (χ2n) is 28.1. The first-order valence-corrected chi connectivity index (χ1v) is 26.1. The maximum absolute atomic E-state index is 2.82. The Labute approximate surface area is 417 Å². The molecule has 0 aromatic heterocycles. The fourth-order valence-corrected chi connectivity index (χ4v) is 13.2. The Kier molecular flexibility index (Phi) is 10.3. The van der Waals surface area contributed by atoms with Gasteiger partial charge in [-0.2, -0.15) is 0 Å². The van der Waals surface area contributed by atoms with Gasteiger partial charge in [-0.1, -0.05) is 185 Å². The molecule has 10 rings (SSSR count). The van der Waals surface area contributed by atoms with E-state index in [1.54, 1.807) is 0 Å². The van der Waals surface area contributed by atoms with Gasteiger partial charge in [0.25, 0.3) is 6.71 Å². The zero-order valence-electron chi connectivity index (χ0n) is 45.8. The summed E-state index contributed by atoms with van der Waals surface area (Å²) in [7, 11) is 0. The van der Waals surface area contributed by atoms with E-state index in [0.29, 0.717) is 0 Å². The summed E-state index contributed by atoms with van der Waals surface area (Å²) in [5, 5.41) is 0. The summed E-state index contributed by atoms with van der Waals surface area (Å²) in [4.78, 5) is 8.11. The van der Waals surface area contributed by atoms with Crippen LogP contribution in [0.15, 0.2) is 115 Å². The Bertz CT molecular complexity index is 3050. The number of hydrogen-bond acceptors (Lipinski definition) is 3. The van der Waals surface area contributed by atoms with Crippen LogP contribution in [0.4, 0.5) is 45.5 Å².